The van der Waals surface area contributed by atoms with Crippen molar-refractivity contribution in [2.75, 3.05) is 27.3 Å². The lowest BCUT2D eigenvalue weighted by Crippen LogP contribution is -2.22. The second-order valence-electron chi connectivity index (χ2n) is 5.17. The summed E-state index contributed by atoms with van der Waals surface area (Å²) in [5, 5.41) is 18.2. The van der Waals surface area contributed by atoms with Crippen LogP contribution in [0.25, 0.3) is 0 Å². The van der Waals surface area contributed by atoms with E-state index in [0.717, 1.165) is 36.4 Å². The second kappa shape index (κ2) is 9.41. The third kappa shape index (κ3) is 6.63. The highest BCUT2D eigenvalue weighted by molar-refractivity contribution is 5.45. The maximum absolute atomic E-state index is 9.35. The Morgan fingerprint density at radius 2 is 2.14 bits per heavy atom. The van der Waals surface area contributed by atoms with E-state index in [1.165, 1.54) is 0 Å². The zero-order valence-electron chi connectivity index (χ0n) is 13.1. The molecule has 0 aliphatic rings. The predicted molar refractivity (Wildman–Crippen MR) is 84.2 cm³/mol. The molecule has 1 atom stereocenters. The third-order valence-corrected chi connectivity index (χ3v) is 3.14. The number of benzene rings is 1. The van der Waals surface area contributed by atoms with E-state index >= 15 is 0 Å². The van der Waals surface area contributed by atoms with Crippen molar-refractivity contribution in [3.8, 4) is 17.6 Å². The van der Waals surface area contributed by atoms with Gasteiger partial charge in [-0.1, -0.05) is 11.8 Å². The van der Waals surface area contributed by atoms with Gasteiger partial charge in [-0.15, -0.1) is 0 Å². The highest BCUT2D eigenvalue weighted by Gasteiger charge is 2.07. The lowest BCUT2D eigenvalue weighted by atomic mass is 10.1. The van der Waals surface area contributed by atoms with E-state index in [9.17, 15) is 5.11 Å². The number of aliphatic hydroxyl groups is 2. The third-order valence-electron chi connectivity index (χ3n) is 3.14. The highest BCUT2D eigenvalue weighted by Crippen LogP contribution is 2.18. The number of nitrogens with zero attached hydrogens (tertiary/aromatic N) is 1. The average Bonchev–Trinajstić information content (AvgIpc) is 2.46. The largest absolute Gasteiger partial charge is 0.497 e. The van der Waals surface area contributed by atoms with E-state index < -0.39 is 0 Å². The molecule has 21 heavy (non-hydrogen) atoms. The Kier molecular flexibility index (Phi) is 7.84. The zero-order chi connectivity index (χ0) is 15.7. The molecular formula is C17H25NO3. The number of hydrogen-bond donors (Lipinski definition) is 2. The SMILES string of the molecule is COc1ccc(C#CCCO)c(CN(C)CCC(C)O)c1. The van der Waals surface area contributed by atoms with Crippen LogP contribution in [-0.4, -0.2) is 48.5 Å². The molecule has 0 amide bonds. The summed E-state index contributed by atoms with van der Waals surface area (Å²) in [6.07, 6.45) is 0.927. The van der Waals surface area contributed by atoms with Gasteiger partial charge in [0, 0.05) is 25.1 Å². The van der Waals surface area contributed by atoms with Gasteiger partial charge in [0.1, 0.15) is 5.75 Å². The molecule has 1 aromatic rings. The fourth-order valence-corrected chi connectivity index (χ4v) is 1.94. The lowest BCUT2D eigenvalue weighted by Gasteiger charge is -2.19. The molecular weight excluding hydrogens is 266 g/mol. The van der Waals surface area contributed by atoms with Gasteiger partial charge in [0.25, 0.3) is 0 Å². The van der Waals surface area contributed by atoms with Gasteiger partial charge in [-0.05, 0) is 44.2 Å². The van der Waals surface area contributed by atoms with Gasteiger partial charge in [-0.2, -0.15) is 0 Å². The molecule has 4 nitrogen and oxygen atoms in total. The Bertz CT molecular complexity index is 489. The van der Waals surface area contributed by atoms with Crippen LogP contribution in [0, 0.1) is 11.8 Å². The Balaban J connectivity index is 2.83. The monoisotopic (exact) mass is 291 g/mol. The molecule has 0 spiro atoms. The highest BCUT2D eigenvalue weighted by atomic mass is 16.5. The lowest BCUT2D eigenvalue weighted by molar-refractivity contribution is 0.163. The van der Waals surface area contributed by atoms with Gasteiger partial charge in [-0.3, -0.25) is 0 Å². The molecule has 0 radical (unpaired) electrons. The van der Waals surface area contributed by atoms with E-state index in [-0.39, 0.29) is 12.7 Å². The van der Waals surface area contributed by atoms with Crippen molar-refractivity contribution < 1.29 is 14.9 Å². The minimum atomic E-state index is -0.290. The van der Waals surface area contributed by atoms with Crippen LogP contribution in [0.3, 0.4) is 0 Å². The maximum atomic E-state index is 9.35. The van der Waals surface area contributed by atoms with Crippen molar-refractivity contribution in [3.05, 3.63) is 29.3 Å². The van der Waals surface area contributed by atoms with Crippen molar-refractivity contribution >= 4 is 0 Å². The molecule has 1 rings (SSSR count). The molecule has 0 aliphatic carbocycles. The number of aliphatic hydroxyl groups excluding tert-OH is 2. The van der Waals surface area contributed by atoms with Gasteiger partial charge in [0.2, 0.25) is 0 Å². The minimum absolute atomic E-state index is 0.0762. The van der Waals surface area contributed by atoms with Crippen LogP contribution in [0.5, 0.6) is 5.75 Å². The normalized spacial score (nSPS) is 11.9. The maximum Gasteiger partial charge on any atom is 0.119 e. The number of ether oxygens (including phenoxy) is 1. The Morgan fingerprint density at radius 1 is 1.38 bits per heavy atom. The molecule has 0 aliphatic heterocycles. The van der Waals surface area contributed by atoms with Gasteiger partial charge in [0.15, 0.2) is 0 Å². The summed E-state index contributed by atoms with van der Waals surface area (Å²) in [5.41, 5.74) is 2.04. The summed E-state index contributed by atoms with van der Waals surface area (Å²) < 4.78 is 5.27. The van der Waals surface area contributed by atoms with E-state index in [0.29, 0.717) is 6.42 Å². The summed E-state index contributed by atoms with van der Waals surface area (Å²) in [6.45, 7) is 3.43. The summed E-state index contributed by atoms with van der Waals surface area (Å²) in [5.74, 6) is 6.85. The first-order valence-electron chi connectivity index (χ1n) is 7.20. The molecule has 4 heteroatoms. The summed E-state index contributed by atoms with van der Waals surface area (Å²) >= 11 is 0. The molecule has 0 saturated heterocycles. The average molecular weight is 291 g/mol. The van der Waals surface area contributed by atoms with Crippen LogP contribution >= 0.6 is 0 Å². The quantitative estimate of drug-likeness (QED) is 0.750. The van der Waals surface area contributed by atoms with E-state index in [4.69, 9.17) is 9.84 Å². The van der Waals surface area contributed by atoms with Gasteiger partial charge in [0.05, 0.1) is 19.8 Å². The predicted octanol–water partition coefficient (Wildman–Crippen LogP) is 1.63. The van der Waals surface area contributed by atoms with Crippen LogP contribution < -0.4 is 4.74 Å². The molecule has 116 valence electrons. The first-order valence-corrected chi connectivity index (χ1v) is 7.20. The van der Waals surface area contributed by atoms with E-state index in [2.05, 4.69) is 16.7 Å². The number of rotatable bonds is 7. The van der Waals surface area contributed by atoms with Crippen LogP contribution in [0.1, 0.15) is 30.9 Å². The zero-order valence-corrected chi connectivity index (χ0v) is 13.1. The van der Waals surface area contributed by atoms with Crippen molar-refractivity contribution in [1.29, 1.82) is 0 Å². The molecule has 2 N–H and O–H groups in total. The van der Waals surface area contributed by atoms with Crippen LogP contribution in [0.4, 0.5) is 0 Å². The first-order chi connectivity index (χ1) is 10.1. The van der Waals surface area contributed by atoms with Gasteiger partial charge in [-0.25, -0.2) is 0 Å². The van der Waals surface area contributed by atoms with Crippen LogP contribution in [0.15, 0.2) is 18.2 Å². The smallest absolute Gasteiger partial charge is 0.119 e. The van der Waals surface area contributed by atoms with Crippen molar-refractivity contribution in [2.24, 2.45) is 0 Å². The molecule has 0 fully saturated rings. The van der Waals surface area contributed by atoms with Crippen molar-refractivity contribution in [2.45, 2.75) is 32.4 Å². The second-order valence-corrected chi connectivity index (χ2v) is 5.17. The molecule has 0 heterocycles. The molecule has 1 aromatic carbocycles. The standard InChI is InChI=1S/C17H25NO3/c1-14(20)9-10-18(2)13-16-12-17(21-3)8-7-15(16)6-4-5-11-19/h7-8,12,14,19-20H,5,9-11,13H2,1-3H3. The summed E-state index contributed by atoms with van der Waals surface area (Å²) in [7, 11) is 3.67. The molecule has 0 aromatic heterocycles. The fraction of sp³-hybridized carbons (Fsp3) is 0.529. The topological polar surface area (TPSA) is 52.9 Å². The molecule has 0 saturated carbocycles. The summed E-state index contributed by atoms with van der Waals surface area (Å²) in [6, 6.07) is 5.82. The Labute approximate surface area is 127 Å². The van der Waals surface area contributed by atoms with E-state index in [1.54, 1.807) is 14.0 Å². The first kappa shape index (κ1) is 17.5. The molecule has 0 bridgehead atoms. The molecule has 1 unspecified atom stereocenters. The van der Waals surface area contributed by atoms with E-state index in [1.807, 2.05) is 25.2 Å². The fourth-order valence-electron chi connectivity index (χ4n) is 1.94. The van der Waals surface area contributed by atoms with Crippen LogP contribution in [0.2, 0.25) is 0 Å². The van der Waals surface area contributed by atoms with Crippen molar-refractivity contribution in [3.63, 3.8) is 0 Å². The van der Waals surface area contributed by atoms with Gasteiger partial charge < -0.3 is 19.8 Å². The minimum Gasteiger partial charge on any atom is -0.497 e. The summed E-state index contributed by atoms with van der Waals surface area (Å²) in [4.78, 5) is 2.15. The van der Waals surface area contributed by atoms with Gasteiger partial charge >= 0.3 is 0 Å². The Hall–Kier alpha value is -1.54. The van der Waals surface area contributed by atoms with Crippen molar-refractivity contribution in [1.82, 2.24) is 4.90 Å². The van der Waals surface area contributed by atoms with Crippen LogP contribution in [-0.2, 0) is 6.54 Å². The Morgan fingerprint density at radius 3 is 2.76 bits per heavy atom. The number of hydrogen-bond acceptors (Lipinski definition) is 4. The number of methoxy groups -OCH3 is 1.